The lowest BCUT2D eigenvalue weighted by atomic mass is 9.69. The van der Waals surface area contributed by atoms with Gasteiger partial charge in [0.15, 0.2) is 0 Å². The molecule has 1 spiro atoms. The van der Waals surface area contributed by atoms with E-state index in [9.17, 15) is 0 Å². The predicted molar refractivity (Wildman–Crippen MR) is 366 cm³/mol. The van der Waals surface area contributed by atoms with Crippen LogP contribution in [0.5, 0.6) is 0 Å². The third-order valence-corrected chi connectivity index (χ3v) is 18.4. The molecular weight excluding hydrogens is 1050 g/mol. The van der Waals surface area contributed by atoms with Crippen LogP contribution in [0.2, 0.25) is 0 Å². The fourth-order valence-electron chi connectivity index (χ4n) is 14.6. The highest BCUT2D eigenvalue weighted by atomic mass is 15.1. The van der Waals surface area contributed by atoms with Crippen LogP contribution in [-0.2, 0) is 5.41 Å². The number of hydrogen-bond acceptors (Lipinski definition) is 2. The second-order valence-electron chi connectivity index (χ2n) is 23.1. The van der Waals surface area contributed by atoms with Gasteiger partial charge in [-0.05, 0) is 195 Å². The fourth-order valence-corrected chi connectivity index (χ4v) is 14.6. The van der Waals surface area contributed by atoms with Crippen LogP contribution >= 0.6 is 0 Å². The Bertz CT molecular complexity index is 5090. The molecule has 2 heteroatoms. The predicted octanol–water partition coefficient (Wildman–Crippen LogP) is 23.1. The Balaban J connectivity index is 0.908. The van der Waals surface area contributed by atoms with Crippen LogP contribution in [0.4, 0.5) is 34.1 Å². The van der Waals surface area contributed by atoms with E-state index in [1.807, 2.05) is 0 Å². The second kappa shape index (κ2) is 20.5. The minimum atomic E-state index is -0.647. The quantitative estimate of drug-likeness (QED) is 0.126. The average Bonchev–Trinajstić information content (AvgIpc) is 1.50. The Hall–Kier alpha value is -11.3. The molecule has 2 nitrogen and oxygen atoms in total. The lowest BCUT2D eigenvalue weighted by Crippen LogP contribution is -2.26. The van der Waals surface area contributed by atoms with Gasteiger partial charge >= 0.3 is 0 Å². The van der Waals surface area contributed by atoms with Gasteiger partial charge in [0.2, 0.25) is 0 Å². The molecule has 0 fully saturated rings. The summed E-state index contributed by atoms with van der Waals surface area (Å²) in [6.45, 7) is 0. The lowest BCUT2D eigenvalue weighted by Gasteiger charge is -2.33. The minimum absolute atomic E-state index is 0.647. The number of anilines is 6. The Labute approximate surface area is 507 Å². The van der Waals surface area contributed by atoms with Crippen LogP contribution in [-0.4, -0.2) is 0 Å². The Morgan fingerprint density at radius 2 is 0.644 bits per heavy atom. The summed E-state index contributed by atoms with van der Waals surface area (Å²) in [5, 5.41) is 7.33. The second-order valence-corrected chi connectivity index (χ2v) is 23.1. The SMILES string of the molecule is c1ccc(-c2ccc(N(c3ccccc3)c3ccc4cc5c(cc4c3)C3(c4ccccc4-c4ccccc43)c3c-5c4ccccc4c4cc(N(c5ccccc5)c5ccc(-c6ccccc6)cc5-c5ccccc5)ccc34)c(-c3ccccc3)c2)cc1. The number of benzene rings is 15. The molecule has 0 radical (unpaired) electrons. The smallest absolute Gasteiger partial charge is 0.0731 e. The van der Waals surface area contributed by atoms with Crippen LogP contribution in [0.3, 0.4) is 0 Å². The molecule has 0 atom stereocenters. The van der Waals surface area contributed by atoms with E-state index in [0.29, 0.717) is 0 Å². The first kappa shape index (κ1) is 50.2. The molecule has 0 unspecified atom stereocenters. The zero-order chi connectivity index (χ0) is 57.4. The van der Waals surface area contributed by atoms with E-state index in [0.717, 1.165) is 56.4 Å². The molecule has 15 aromatic carbocycles. The summed E-state index contributed by atoms with van der Waals surface area (Å²) in [6, 6.07) is 126. The molecule has 0 heterocycles. The summed E-state index contributed by atoms with van der Waals surface area (Å²) in [5.74, 6) is 0. The van der Waals surface area contributed by atoms with Crippen LogP contribution in [0, 0.1) is 0 Å². The molecule has 406 valence electrons. The van der Waals surface area contributed by atoms with E-state index in [-0.39, 0.29) is 0 Å². The fraction of sp³-hybridized carbons (Fsp3) is 0.0118. The highest BCUT2D eigenvalue weighted by molar-refractivity contribution is 6.21. The molecule has 0 saturated heterocycles. The number of para-hydroxylation sites is 2. The van der Waals surface area contributed by atoms with Gasteiger partial charge in [-0.25, -0.2) is 0 Å². The van der Waals surface area contributed by atoms with Crippen molar-refractivity contribution in [2.45, 2.75) is 5.41 Å². The van der Waals surface area contributed by atoms with E-state index in [1.165, 1.54) is 99.1 Å². The first-order valence-corrected chi connectivity index (χ1v) is 30.1. The third-order valence-electron chi connectivity index (χ3n) is 18.4. The molecule has 0 aliphatic heterocycles. The number of fused-ring (bicyclic) bond motifs is 16. The molecular formula is C85H56N2. The van der Waals surface area contributed by atoms with Gasteiger partial charge in [0.25, 0.3) is 0 Å². The van der Waals surface area contributed by atoms with Gasteiger partial charge in [-0.1, -0.05) is 255 Å². The van der Waals surface area contributed by atoms with Gasteiger partial charge in [-0.2, -0.15) is 0 Å². The van der Waals surface area contributed by atoms with Crippen molar-refractivity contribution in [1.29, 1.82) is 0 Å². The van der Waals surface area contributed by atoms with Gasteiger partial charge in [-0.3, -0.25) is 0 Å². The molecule has 0 amide bonds. The van der Waals surface area contributed by atoms with E-state index in [4.69, 9.17) is 0 Å². The van der Waals surface area contributed by atoms with Crippen molar-refractivity contribution in [2.24, 2.45) is 0 Å². The normalized spacial score (nSPS) is 12.5. The van der Waals surface area contributed by atoms with E-state index >= 15 is 0 Å². The maximum Gasteiger partial charge on any atom is 0.0731 e. The van der Waals surface area contributed by atoms with Crippen LogP contribution < -0.4 is 9.80 Å². The largest absolute Gasteiger partial charge is 0.310 e. The molecule has 87 heavy (non-hydrogen) atoms. The summed E-state index contributed by atoms with van der Waals surface area (Å²) in [5.41, 5.74) is 25.7. The van der Waals surface area contributed by atoms with Crippen LogP contribution in [0.15, 0.2) is 340 Å². The van der Waals surface area contributed by atoms with Crippen molar-refractivity contribution in [3.63, 3.8) is 0 Å². The van der Waals surface area contributed by atoms with Crippen molar-refractivity contribution < 1.29 is 0 Å². The molecule has 0 N–H and O–H groups in total. The number of nitrogens with zero attached hydrogens (tertiary/aromatic N) is 2. The van der Waals surface area contributed by atoms with Crippen molar-refractivity contribution in [3.05, 3.63) is 362 Å². The van der Waals surface area contributed by atoms with Crippen molar-refractivity contribution in [1.82, 2.24) is 0 Å². The summed E-state index contributed by atoms with van der Waals surface area (Å²) in [7, 11) is 0. The third kappa shape index (κ3) is 8.03. The van der Waals surface area contributed by atoms with E-state index in [2.05, 4.69) is 350 Å². The van der Waals surface area contributed by atoms with Crippen molar-refractivity contribution in [2.75, 3.05) is 9.80 Å². The average molecular weight is 1110 g/mol. The van der Waals surface area contributed by atoms with E-state index < -0.39 is 5.41 Å². The molecule has 17 rings (SSSR count). The van der Waals surface area contributed by atoms with E-state index in [1.54, 1.807) is 0 Å². The molecule has 0 bridgehead atoms. The molecule has 2 aliphatic carbocycles. The van der Waals surface area contributed by atoms with Crippen molar-refractivity contribution >= 4 is 66.4 Å². The maximum absolute atomic E-state index is 2.56. The summed E-state index contributed by atoms with van der Waals surface area (Å²) >= 11 is 0. The number of hydrogen-bond donors (Lipinski definition) is 0. The van der Waals surface area contributed by atoms with Gasteiger partial charge in [-0.15, -0.1) is 0 Å². The first-order chi connectivity index (χ1) is 43.2. The molecule has 2 aliphatic rings. The Kier molecular flexibility index (Phi) is 11.8. The van der Waals surface area contributed by atoms with Gasteiger partial charge in [0.05, 0.1) is 16.8 Å². The zero-order valence-electron chi connectivity index (χ0n) is 47.7. The van der Waals surface area contributed by atoms with Crippen LogP contribution in [0.25, 0.3) is 99.1 Å². The molecule has 0 aromatic heterocycles. The van der Waals surface area contributed by atoms with Gasteiger partial charge in [0, 0.05) is 33.9 Å². The Morgan fingerprint density at radius 1 is 0.207 bits per heavy atom. The minimum Gasteiger partial charge on any atom is -0.310 e. The standard InChI is InChI=1S/C85H56N2/c1-7-25-57(26-8-1)61-44-49-81(74(52-61)59-29-11-3-12-30-59)86(65-33-15-5-16-34-65)67-46-43-63-54-77-80(55-64(63)51-67)85(78-41-23-21-38-70(78)71-39-22-24-42-79(71)85)84-73-48-47-68(56-76(73)69-37-19-20-40-72(69)83(77)84)87(66-35-17-6-18-36-66)82-50-45-62(58-27-9-2-10-28-58)53-75(82)60-31-13-4-14-32-60/h1-56H. The van der Waals surface area contributed by atoms with Crippen molar-refractivity contribution in [3.8, 4) is 66.8 Å². The highest BCUT2D eigenvalue weighted by Gasteiger charge is 2.53. The Morgan fingerprint density at radius 3 is 1.17 bits per heavy atom. The van der Waals surface area contributed by atoms with Gasteiger partial charge in [0.1, 0.15) is 0 Å². The maximum atomic E-state index is 2.56. The summed E-state index contributed by atoms with van der Waals surface area (Å²) < 4.78 is 0. The first-order valence-electron chi connectivity index (χ1n) is 30.1. The topological polar surface area (TPSA) is 6.48 Å². The zero-order valence-corrected chi connectivity index (χ0v) is 47.7. The van der Waals surface area contributed by atoms with Gasteiger partial charge < -0.3 is 9.80 Å². The highest BCUT2D eigenvalue weighted by Crippen LogP contribution is 2.66. The summed E-state index contributed by atoms with van der Waals surface area (Å²) in [6.07, 6.45) is 0. The summed E-state index contributed by atoms with van der Waals surface area (Å²) in [4.78, 5) is 4.92. The molecule has 0 saturated carbocycles. The lowest BCUT2D eigenvalue weighted by molar-refractivity contribution is 0.803. The monoisotopic (exact) mass is 1100 g/mol. The molecule has 15 aromatic rings. The van der Waals surface area contributed by atoms with Crippen LogP contribution in [0.1, 0.15) is 22.3 Å². The number of rotatable bonds is 10.